The van der Waals surface area contributed by atoms with Crippen molar-refractivity contribution in [1.82, 2.24) is 9.97 Å². The van der Waals surface area contributed by atoms with Gasteiger partial charge in [-0.2, -0.15) is 0 Å². The molecule has 1 unspecified atom stereocenters. The number of nitrogens with one attached hydrogen (secondary N) is 1. The van der Waals surface area contributed by atoms with Crippen LogP contribution in [0.3, 0.4) is 0 Å². The molecule has 1 N–H and O–H groups in total. The van der Waals surface area contributed by atoms with Gasteiger partial charge in [-0.25, -0.2) is 18.4 Å². The first-order chi connectivity index (χ1) is 12.4. The zero-order chi connectivity index (χ0) is 18.7. The third-order valence-electron chi connectivity index (χ3n) is 4.25. The van der Waals surface area contributed by atoms with E-state index < -0.39 is 9.84 Å². The zero-order valence-corrected chi connectivity index (χ0v) is 15.8. The van der Waals surface area contributed by atoms with Crippen LogP contribution < -0.4 is 10.2 Å². The standard InChI is InChI=1S/C17H19ClN4O3S/c1-2-22(15-7-8-26(24,25)11-15)17-19-9-12(10-20-17)16(23)21-14-5-3-13(18)4-6-14/h3-6,9-10,15H,2,7-8,11H2,1H3,(H,21,23). The van der Waals surface area contributed by atoms with E-state index in [9.17, 15) is 13.2 Å². The van der Waals surface area contributed by atoms with E-state index in [1.165, 1.54) is 12.4 Å². The second-order valence-corrected chi connectivity index (χ2v) is 8.74. The molecular formula is C17H19ClN4O3S. The summed E-state index contributed by atoms with van der Waals surface area (Å²) < 4.78 is 23.4. The van der Waals surface area contributed by atoms with Crippen molar-refractivity contribution in [3.05, 3.63) is 47.2 Å². The van der Waals surface area contributed by atoms with Crippen LogP contribution in [0.2, 0.25) is 5.02 Å². The molecule has 1 saturated heterocycles. The molecular weight excluding hydrogens is 376 g/mol. The van der Waals surface area contributed by atoms with Crippen molar-refractivity contribution in [2.24, 2.45) is 0 Å². The first kappa shape index (κ1) is 18.6. The molecule has 1 amide bonds. The highest BCUT2D eigenvalue weighted by Crippen LogP contribution is 2.21. The summed E-state index contributed by atoms with van der Waals surface area (Å²) in [6.45, 7) is 2.52. The molecule has 138 valence electrons. The minimum atomic E-state index is -2.99. The van der Waals surface area contributed by atoms with Gasteiger partial charge in [0.25, 0.3) is 5.91 Å². The van der Waals surface area contributed by atoms with Gasteiger partial charge < -0.3 is 10.2 Å². The molecule has 1 aliphatic rings. The number of hydrogen-bond donors (Lipinski definition) is 1. The van der Waals surface area contributed by atoms with Crippen LogP contribution in [-0.4, -0.2) is 48.4 Å². The molecule has 0 spiro atoms. The molecule has 2 heterocycles. The maximum absolute atomic E-state index is 12.3. The normalized spacial score (nSPS) is 18.5. The quantitative estimate of drug-likeness (QED) is 0.837. The van der Waals surface area contributed by atoms with E-state index in [4.69, 9.17) is 11.6 Å². The van der Waals surface area contributed by atoms with E-state index in [0.29, 0.717) is 35.2 Å². The van der Waals surface area contributed by atoms with E-state index in [-0.39, 0.29) is 23.5 Å². The van der Waals surface area contributed by atoms with E-state index in [1.807, 2.05) is 11.8 Å². The Bertz CT molecular complexity index is 885. The monoisotopic (exact) mass is 394 g/mol. The van der Waals surface area contributed by atoms with Crippen molar-refractivity contribution in [2.45, 2.75) is 19.4 Å². The summed E-state index contributed by atoms with van der Waals surface area (Å²) in [6.07, 6.45) is 3.46. The minimum Gasteiger partial charge on any atom is -0.337 e. The molecule has 0 radical (unpaired) electrons. The Balaban J connectivity index is 1.70. The van der Waals surface area contributed by atoms with Gasteiger partial charge in [0.05, 0.1) is 17.1 Å². The number of halogens is 1. The highest BCUT2D eigenvalue weighted by atomic mass is 35.5. The molecule has 9 heteroatoms. The second-order valence-electron chi connectivity index (χ2n) is 6.08. The third kappa shape index (κ3) is 4.31. The number of rotatable bonds is 5. The number of amides is 1. The lowest BCUT2D eigenvalue weighted by Crippen LogP contribution is -2.37. The number of sulfone groups is 1. The predicted octanol–water partition coefficient (Wildman–Crippen LogP) is 2.40. The Morgan fingerprint density at radius 3 is 2.46 bits per heavy atom. The van der Waals surface area contributed by atoms with Crippen LogP contribution in [0.5, 0.6) is 0 Å². The molecule has 1 fully saturated rings. The molecule has 1 atom stereocenters. The van der Waals surface area contributed by atoms with Crippen molar-refractivity contribution in [2.75, 3.05) is 28.3 Å². The van der Waals surface area contributed by atoms with Crippen molar-refractivity contribution >= 4 is 39.0 Å². The number of hydrogen-bond acceptors (Lipinski definition) is 6. The fourth-order valence-electron chi connectivity index (χ4n) is 2.91. The fourth-order valence-corrected chi connectivity index (χ4v) is 4.76. The SMILES string of the molecule is CCN(c1ncc(C(=O)Nc2ccc(Cl)cc2)cn1)C1CCS(=O)(=O)C1. The van der Waals surface area contributed by atoms with Crippen molar-refractivity contribution < 1.29 is 13.2 Å². The van der Waals surface area contributed by atoms with Crippen LogP contribution >= 0.6 is 11.6 Å². The van der Waals surface area contributed by atoms with Gasteiger partial charge in [0, 0.05) is 35.7 Å². The third-order valence-corrected chi connectivity index (χ3v) is 6.25. The average Bonchev–Trinajstić information content (AvgIpc) is 2.98. The van der Waals surface area contributed by atoms with Crippen LogP contribution in [0, 0.1) is 0 Å². The summed E-state index contributed by atoms with van der Waals surface area (Å²) in [5, 5.41) is 3.33. The molecule has 1 aromatic carbocycles. The average molecular weight is 395 g/mol. The molecule has 3 rings (SSSR count). The molecule has 2 aromatic rings. The lowest BCUT2D eigenvalue weighted by Gasteiger charge is -2.26. The number of anilines is 2. The van der Waals surface area contributed by atoms with Crippen LogP contribution in [-0.2, 0) is 9.84 Å². The number of nitrogens with zero attached hydrogens (tertiary/aromatic N) is 3. The van der Waals surface area contributed by atoms with Crippen molar-refractivity contribution in [3.63, 3.8) is 0 Å². The molecule has 0 bridgehead atoms. The molecule has 7 nitrogen and oxygen atoms in total. The van der Waals surface area contributed by atoms with Crippen LogP contribution in [0.4, 0.5) is 11.6 Å². The topological polar surface area (TPSA) is 92.3 Å². The molecule has 1 aromatic heterocycles. The largest absolute Gasteiger partial charge is 0.337 e. The van der Waals surface area contributed by atoms with Gasteiger partial charge >= 0.3 is 0 Å². The minimum absolute atomic E-state index is 0.114. The second kappa shape index (κ2) is 7.59. The number of carbonyl (C=O) groups is 1. The van der Waals surface area contributed by atoms with Gasteiger partial charge in [0.2, 0.25) is 5.95 Å². The predicted molar refractivity (Wildman–Crippen MR) is 102 cm³/mol. The molecule has 0 saturated carbocycles. The van der Waals surface area contributed by atoms with Gasteiger partial charge in [-0.3, -0.25) is 4.79 Å². The van der Waals surface area contributed by atoms with E-state index in [1.54, 1.807) is 24.3 Å². The molecule has 26 heavy (non-hydrogen) atoms. The summed E-state index contributed by atoms with van der Waals surface area (Å²) >= 11 is 5.82. The van der Waals surface area contributed by atoms with E-state index in [0.717, 1.165) is 0 Å². The van der Waals surface area contributed by atoms with Crippen LogP contribution in [0.25, 0.3) is 0 Å². The lowest BCUT2D eigenvalue weighted by atomic mass is 10.2. The van der Waals surface area contributed by atoms with E-state index >= 15 is 0 Å². The Morgan fingerprint density at radius 1 is 1.27 bits per heavy atom. The summed E-state index contributed by atoms with van der Waals surface area (Å²) in [5.41, 5.74) is 0.939. The Kier molecular flexibility index (Phi) is 5.43. The maximum atomic E-state index is 12.3. The molecule has 0 aliphatic carbocycles. The Hall–Kier alpha value is -2.19. The number of aromatic nitrogens is 2. The number of carbonyl (C=O) groups excluding carboxylic acids is 1. The first-order valence-corrected chi connectivity index (χ1v) is 10.4. The summed E-state index contributed by atoms with van der Waals surface area (Å²) in [7, 11) is -2.99. The van der Waals surface area contributed by atoms with Crippen LogP contribution in [0.15, 0.2) is 36.7 Å². The highest BCUT2D eigenvalue weighted by molar-refractivity contribution is 7.91. The zero-order valence-electron chi connectivity index (χ0n) is 14.2. The summed E-state index contributed by atoms with van der Waals surface area (Å²) in [6, 6.07) is 6.65. The first-order valence-electron chi connectivity index (χ1n) is 8.24. The summed E-state index contributed by atoms with van der Waals surface area (Å²) in [5.74, 6) is 0.404. The van der Waals surface area contributed by atoms with Gasteiger partial charge in [-0.05, 0) is 37.6 Å². The van der Waals surface area contributed by atoms with Crippen molar-refractivity contribution in [3.8, 4) is 0 Å². The van der Waals surface area contributed by atoms with Gasteiger partial charge in [-0.15, -0.1) is 0 Å². The van der Waals surface area contributed by atoms with Gasteiger partial charge in [-0.1, -0.05) is 11.6 Å². The number of benzene rings is 1. The summed E-state index contributed by atoms with van der Waals surface area (Å²) in [4.78, 5) is 22.7. The van der Waals surface area contributed by atoms with Gasteiger partial charge in [0.15, 0.2) is 9.84 Å². The van der Waals surface area contributed by atoms with Crippen molar-refractivity contribution in [1.29, 1.82) is 0 Å². The Labute approximate surface area is 157 Å². The Morgan fingerprint density at radius 2 is 1.92 bits per heavy atom. The molecule has 1 aliphatic heterocycles. The smallest absolute Gasteiger partial charge is 0.258 e. The lowest BCUT2D eigenvalue weighted by molar-refractivity contribution is 0.102. The maximum Gasteiger partial charge on any atom is 0.258 e. The van der Waals surface area contributed by atoms with Crippen LogP contribution in [0.1, 0.15) is 23.7 Å². The fraction of sp³-hybridized carbons (Fsp3) is 0.353. The van der Waals surface area contributed by atoms with Gasteiger partial charge in [0.1, 0.15) is 0 Å². The van der Waals surface area contributed by atoms with E-state index in [2.05, 4.69) is 15.3 Å². The highest BCUT2D eigenvalue weighted by Gasteiger charge is 2.32.